The summed E-state index contributed by atoms with van der Waals surface area (Å²) in [6.07, 6.45) is 2.16. The van der Waals surface area contributed by atoms with Crippen LogP contribution in [0.5, 0.6) is 11.5 Å². The smallest absolute Gasteiger partial charge is 0.326 e. The summed E-state index contributed by atoms with van der Waals surface area (Å²) >= 11 is 0. The Labute approximate surface area is 214 Å². The molecule has 8 heteroatoms. The lowest BCUT2D eigenvalue weighted by Gasteiger charge is -2.23. The number of hydrogen-bond donors (Lipinski definition) is 3. The number of carboxylic acid groups (broad SMARTS) is 1. The molecule has 1 aliphatic heterocycles. The van der Waals surface area contributed by atoms with Gasteiger partial charge in [-0.15, -0.1) is 0 Å². The predicted octanol–water partition coefficient (Wildman–Crippen LogP) is 3.45. The minimum Gasteiger partial charge on any atom is -0.480 e. The quantitative estimate of drug-likeness (QED) is 0.415. The maximum absolute atomic E-state index is 13.4. The van der Waals surface area contributed by atoms with E-state index in [0.29, 0.717) is 17.1 Å². The summed E-state index contributed by atoms with van der Waals surface area (Å²) in [6.45, 7) is 0.123. The lowest BCUT2D eigenvalue weighted by Crippen LogP contribution is -2.52. The normalized spacial score (nSPS) is 16.9. The highest BCUT2D eigenvalue weighted by atomic mass is 16.7. The van der Waals surface area contributed by atoms with Crippen LogP contribution in [0.15, 0.2) is 72.8 Å². The summed E-state index contributed by atoms with van der Waals surface area (Å²) < 4.78 is 10.8. The van der Waals surface area contributed by atoms with E-state index < -0.39 is 29.9 Å². The molecule has 5 rings (SSSR count). The Morgan fingerprint density at radius 2 is 1.65 bits per heavy atom. The van der Waals surface area contributed by atoms with Gasteiger partial charge in [0, 0.05) is 12.0 Å². The van der Waals surface area contributed by atoms with Crippen LogP contribution in [0.25, 0.3) is 0 Å². The highest BCUT2D eigenvalue weighted by molar-refractivity contribution is 5.98. The number of ether oxygens (including phenoxy) is 2. The summed E-state index contributed by atoms with van der Waals surface area (Å²) in [5.41, 5.74) is 3.51. The second-order valence-electron chi connectivity index (χ2n) is 9.35. The highest BCUT2D eigenvalue weighted by Gasteiger charge is 2.32. The number of rotatable bonds is 9. The number of carbonyl (C=O) groups excluding carboxylic acids is 2. The van der Waals surface area contributed by atoms with Gasteiger partial charge in [-0.25, -0.2) is 4.79 Å². The highest BCUT2D eigenvalue weighted by Crippen LogP contribution is 2.36. The molecular formula is C29H28N2O6. The minimum absolute atomic E-state index is 0.0452. The molecular weight excluding hydrogens is 472 g/mol. The molecule has 190 valence electrons. The van der Waals surface area contributed by atoms with Crippen molar-refractivity contribution in [2.45, 2.75) is 43.7 Å². The monoisotopic (exact) mass is 500 g/mol. The zero-order chi connectivity index (χ0) is 25.8. The van der Waals surface area contributed by atoms with Gasteiger partial charge in [-0.3, -0.25) is 9.59 Å². The summed E-state index contributed by atoms with van der Waals surface area (Å²) in [6, 6.07) is 19.8. The van der Waals surface area contributed by atoms with Crippen molar-refractivity contribution in [3.05, 3.63) is 95.1 Å². The van der Waals surface area contributed by atoms with Crippen molar-refractivity contribution >= 4 is 17.8 Å². The zero-order valence-corrected chi connectivity index (χ0v) is 20.2. The second-order valence-corrected chi connectivity index (χ2v) is 9.35. The third-order valence-electron chi connectivity index (χ3n) is 6.93. The largest absolute Gasteiger partial charge is 0.480 e. The predicted molar refractivity (Wildman–Crippen MR) is 136 cm³/mol. The van der Waals surface area contributed by atoms with Crippen molar-refractivity contribution in [2.24, 2.45) is 0 Å². The molecule has 1 heterocycles. The van der Waals surface area contributed by atoms with Crippen LogP contribution in [-0.4, -0.2) is 41.8 Å². The topological polar surface area (TPSA) is 114 Å². The number of benzene rings is 3. The number of aryl methyl sites for hydroxylation is 1. The van der Waals surface area contributed by atoms with Crippen LogP contribution in [0.1, 0.15) is 45.8 Å². The summed E-state index contributed by atoms with van der Waals surface area (Å²) in [7, 11) is 0. The van der Waals surface area contributed by atoms with Crippen LogP contribution in [0, 0.1) is 0 Å². The van der Waals surface area contributed by atoms with Crippen molar-refractivity contribution in [2.75, 3.05) is 6.79 Å². The Morgan fingerprint density at radius 1 is 0.892 bits per heavy atom. The first-order valence-corrected chi connectivity index (χ1v) is 12.3. The number of fused-ring (bicyclic) bond motifs is 2. The fraction of sp³-hybridized carbons (Fsp3) is 0.276. The first-order chi connectivity index (χ1) is 18.0. The van der Waals surface area contributed by atoms with E-state index in [0.717, 1.165) is 24.0 Å². The Morgan fingerprint density at radius 3 is 2.46 bits per heavy atom. The van der Waals surface area contributed by atoms with E-state index in [1.807, 2.05) is 18.2 Å². The van der Waals surface area contributed by atoms with Crippen LogP contribution >= 0.6 is 0 Å². The van der Waals surface area contributed by atoms with Gasteiger partial charge in [-0.1, -0.05) is 48.5 Å². The third kappa shape index (κ3) is 5.58. The minimum atomic E-state index is -1.10. The van der Waals surface area contributed by atoms with Crippen molar-refractivity contribution < 1.29 is 29.0 Å². The summed E-state index contributed by atoms with van der Waals surface area (Å²) in [5, 5.41) is 15.4. The molecule has 0 spiro atoms. The van der Waals surface area contributed by atoms with E-state index in [9.17, 15) is 19.5 Å². The summed E-state index contributed by atoms with van der Waals surface area (Å²) in [4.78, 5) is 38.5. The maximum atomic E-state index is 13.4. The fourth-order valence-corrected chi connectivity index (χ4v) is 5.01. The molecule has 1 aliphatic carbocycles. The molecule has 0 saturated carbocycles. The van der Waals surface area contributed by atoms with Gasteiger partial charge in [0.25, 0.3) is 5.91 Å². The average molecular weight is 501 g/mol. The van der Waals surface area contributed by atoms with Crippen LogP contribution in [0.3, 0.4) is 0 Å². The van der Waals surface area contributed by atoms with E-state index in [1.54, 1.807) is 48.5 Å². The number of amides is 2. The molecule has 37 heavy (non-hydrogen) atoms. The number of aliphatic carboxylic acids is 1. The van der Waals surface area contributed by atoms with Crippen molar-refractivity contribution in [1.82, 2.24) is 10.6 Å². The maximum Gasteiger partial charge on any atom is 0.326 e. The number of nitrogens with one attached hydrogen (secondary N) is 2. The number of carboxylic acids is 1. The molecule has 0 radical (unpaired) electrons. The molecule has 3 N–H and O–H groups in total. The SMILES string of the molecule is O=C(NC(Cc1ccc2c(c1)OCO2)C(=O)NC(CC1CCc2ccccc21)C(=O)O)c1ccccc1. The van der Waals surface area contributed by atoms with Gasteiger partial charge in [-0.05, 0) is 66.1 Å². The van der Waals surface area contributed by atoms with E-state index in [2.05, 4.69) is 16.7 Å². The molecule has 3 unspecified atom stereocenters. The van der Waals surface area contributed by atoms with Gasteiger partial charge in [0.2, 0.25) is 12.7 Å². The second kappa shape index (κ2) is 10.7. The molecule has 8 nitrogen and oxygen atoms in total. The van der Waals surface area contributed by atoms with Crippen LogP contribution in [0.4, 0.5) is 0 Å². The Kier molecular flexibility index (Phi) is 7.07. The van der Waals surface area contributed by atoms with E-state index in [1.165, 1.54) is 5.56 Å². The van der Waals surface area contributed by atoms with Crippen molar-refractivity contribution in [3.63, 3.8) is 0 Å². The molecule has 2 aliphatic rings. The standard InChI is InChI=1S/C29H28N2O6/c32-27(20-7-2-1-3-8-20)30-23(14-18-10-13-25-26(15-18)37-17-36-25)28(33)31-24(29(34)35)16-21-12-11-19-6-4-5-9-22(19)21/h1-10,13,15,21,23-24H,11-12,14,16-17H2,(H,30,32)(H,31,33)(H,34,35). The van der Waals surface area contributed by atoms with Crippen LogP contribution in [0.2, 0.25) is 0 Å². The van der Waals surface area contributed by atoms with Gasteiger partial charge >= 0.3 is 5.97 Å². The lowest BCUT2D eigenvalue weighted by atomic mass is 9.93. The van der Waals surface area contributed by atoms with Crippen LogP contribution < -0.4 is 20.1 Å². The Hall–Kier alpha value is -4.33. The van der Waals surface area contributed by atoms with Crippen molar-refractivity contribution in [3.8, 4) is 11.5 Å². The number of carbonyl (C=O) groups is 3. The zero-order valence-electron chi connectivity index (χ0n) is 20.2. The van der Waals surface area contributed by atoms with Gasteiger partial charge in [-0.2, -0.15) is 0 Å². The van der Waals surface area contributed by atoms with Gasteiger partial charge < -0.3 is 25.2 Å². The third-order valence-corrected chi connectivity index (χ3v) is 6.93. The molecule has 2 amide bonds. The lowest BCUT2D eigenvalue weighted by molar-refractivity contribution is -0.142. The van der Waals surface area contributed by atoms with E-state index >= 15 is 0 Å². The van der Waals surface area contributed by atoms with E-state index in [-0.39, 0.29) is 25.6 Å². The van der Waals surface area contributed by atoms with Crippen LogP contribution in [-0.2, 0) is 22.4 Å². The molecule has 3 atom stereocenters. The van der Waals surface area contributed by atoms with Gasteiger partial charge in [0.05, 0.1) is 0 Å². The van der Waals surface area contributed by atoms with Crippen molar-refractivity contribution in [1.29, 1.82) is 0 Å². The molecule has 0 saturated heterocycles. The van der Waals surface area contributed by atoms with Gasteiger partial charge in [0.15, 0.2) is 11.5 Å². The molecule has 0 aromatic heterocycles. The summed E-state index contributed by atoms with van der Waals surface area (Å²) in [5.74, 6) is -0.855. The fourth-order valence-electron chi connectivity index (χ4n) is 5.01. The average Bonchev–Trinajstić information content (AvgIpc) is 3.55. The Bertz CT molecular complexity index is 1310. The van der Waals surface area contributed by atoms with E-state index in [4.69, 9.17) is 9.47 Å². The first kappa shape index (κ1) is 24.4. The first-order valence-electron chi connectivity index (χ1n) is 12.3. The molecule has 3 aromatic carbocycles. The molecule has 0 fully saturated rings. The Balaban J connectivity index is 1.34. The number of hydrogen-bond acceptors (Lipinski definition) is 5. The van der Waals surface area contributed by atoms with Gasteiger partial charge in [0.1, 0.15) is 12.1 Å². The molecule has 0 bridgehead atoms. The molecule has 3 aromatic rings.